The Morgan fingerprint density at radius 3 is 2.47 bits per heavy atom. The van der Waals surface area contributed by atoms with Gasteiger partial charge in [0.25, 0.3) is 0 Å². The van der Waals surface area contributed by atoms with Crippen molar-refractivity contribution in [2.24, 2.45) is 5.92 Å². The molecular weight excluding hydrogens is 184 g/mol. The highest BCUT2D eigenvalue weighted by Crippen LogP contribution is 2.09. The van der Waals surface area contributed by atoms with E-state index in [0.29, 0.717) is 6.04 Å². The highest BCUT2D eigenvalue weighted by atomic mass is 15.1. The fourth-order valence-electron chi connectivity index (χ4n) is 2.33. The quantitative estimate of drug-likeness (QED) is 0.697. The van der Waals surface area contributed by atoms with Crippen molar-refractivity contribution in [1.29, 1.82) is 0 Å². The molecule has 2 unspecified atom stereocenters. The molecule has 0 aromatic heterocycles. The van der Waals surface area contributed by atoms with Gasteiger partial charge in [-0.15, -0.1) is 0 Å². The molecular formula is C13H28N2. The first-order valence-corrected chi connectivity index (χ1v) is 6.68. The van der Waals surface area contributed by atoms with Crippen molar-refractivity contribution < 1.29 is 0 Å². The first-order valence-electron chi connectivity index (χ1n) is 6.68. The summed E-state index contributed by atoms with van der Waals surface area (Å²) < 4.78 is 0. The summed E-state index contributed by atoms with van der Waals surface area (Å²) in [6.07, 6.45) is 5.43. The average Bonchev–Trinajstić information content (AvgIpc) is 2.70. The number of rotatable bonds is 7. The molecule has 90 valence electrons. The van der Waals surface area contributed by atoms with Crippen LogP contribution >= 0.6 is 0 Å². The van der Waals surface area contributed by atoms with Gasteiger partial charge in [-0.25, -0.2) is 0 Å². The molecule has 0 saturated carbocycles. The molecule has 0 aromatic rings. The Bertz CT molecular complexity index is 153. The summed E-state index contributed by atoms with van der Waals surface area (Å²) in [7, 11) is 0. The Hall–Kier alpha value is -0.0800. The molecule has 1 aliphatic rings. The molecule has 0 aromatic carbocycles. The van der Waals surface area contributed by atoms with E-state index in [0.717, 1.165) is 12.5 Å². The van der Waals surface area contributed by atoms with Gasteiger partial charge in [0.1, 0.15) is 0 Å². The van der Waals surface area contributed by atoms with Gasteiger partial charge in [0.2, 0.25) is 0 Å². The van der Waals surface area contributed by atoms with Gasteiger partial charge in [0, 0.05) is 19.1 Å². The number of nitrogens with one attached hydrogen (secondary N) is 1. The van der Waals surface area contributed by atoms with Crippen LogP contribution in [0.5, 0.6) is 0 Å². The monoisotopic (exact) mass is 212 g/mol. The minimum Gasteiger partial charge on any atom is -0.313 e. The van der Waals surface area contributed by atoms with E-state index in [4.69, 9.17) is 0 Å². The lowest BCUT2D eigenvalue weighted by atomic mass is 10.0. The zero-order chi connectivity index (χ0) is 11.1. The Labute approximate surface area is 95.4 Å². The van der Waals surface area contributed by atoms with Gasteiger partial charge >= 0.3 is 0 Å². The number of nitrogens with zero attached hydrogens (tertiary/aromatic N) is 1. The minimum atomic E-state index is 0.683. The van der Waals surface area contributed by atoms with Crippen molar-refractivity contribution in [3.63, 3.8) is 0 Å². The molecule has 1 saturated heterocycles. The Morgan fingerprint density at radius 1 is 1.20 bits per heavy atom. The van der Waals surface area contributed by atoms with Crippen LogP contribution in [0.1, 0.15) is 46.5 Å². The minimum absolute atomic E-state index is 0.683. The second-order valence-electron chi connectivity index (χ2n) is 5.15. The maximum atomic E-state index is 3.63. The van der Waals surface area contributed by atoms with Crippen LogP contribution in [0.4, 0.5) is 0 Å². The lowest BCUT2D eigenvalue weighted by Gasteiger charge is -2.20. The maximum Gasteiger partial charge on any atom is 0.0107 e. The molecule has 1 rings (SSSR count). The summed E-state index contributed by atoms with van der Waals surface area (Å²) in [4.78, 5) is 2.57. The summed E-state index contributed by atoms with van der Waals surface area (Å²) in [6.45, 7) is 12.0. The standard InChI is InChI=1S/C13H28N2/c1-4-12(2)11-13(3)14-7-10-15-8-5-6-9-15/h12-14H,4-11H2,1-3H3. The average molecular weight is 212 g/mol. The lowest BCUT2D eigenvalue weighted by Crippen LogP contribution is -2.35. The van der Waals surface area contributed by atoms with Crippen LogP contribution in [-0.4, -0.2) is 37.1 Å². The number of likely N-dealkylation sites (tertiary alicyclic amines) is 1. The van der Waals surface area contributed by atoms with Crippen LogP contribution in [0.3, 0.4) is 0 Å². The largest absolute Gasteiger partial charge is 0.313 e. The third kappa shape index (κ3) is 5.53. The van der Waals surface area contributed by atoms with Crippen molar-refractivity contribution in [2.75, 3.05) is 26.2 Å². The third-order valence-electron chi connectivity index (χ3n) is 3.57. The molecule has 0 radical (unpaired) electrons. The molecule has 1 aliphatic heterocycles. The molecule has 2 nitrogen and oxygen atoms in total. The van der Waals surface area contributed by atoms with Crippen LogP contribution in [0.25, 0.3) is 0 Å². The summed E-state index contributed by atoms with van der Waals surface area (Å²) in [5.41, 5.74) is 0. The Balaban J connectivity index is 1.98. The summed E-state index contributed by atoms with van der Waals surface area (Å²) in [6, 6.07) is 0.683. The zero-order valence-corrected chi connectivity index (χ0v) is 10.8. The van der Waals surface area contributed by atoms with E-state index in [1.54, 1.807) is 0 Å². The van der Waals surface area contributed by atoms with Gasteiger partial charge in [0.05, 0.1) is 0 Å². The summed E-state index contributed by atoms with van der Waals surface area (Å²) in [5, 5.41) is 3.63. The van der Waals surface area contributed by atoms with Gasteiger partial charge < -0.3 is 10.2 Å². The molecule has 2 atom stereocenters. The Morgan fingerprint density at radius 2 is 1.87 bits per heavy atom. The van der Waals surface area contributed by atoms with E-state index in [1.165, 1.54) is 45.3 Å². The fourth-order valence-corrected chi connectivity index (χ4v) is 2.33. The first kappa shape index (κ1) is 13.0. The van der Waals surface area contributed by atoms with Gasteiger partial charge in [-0.1, -0.05) is 20.3 Å². The molecule has 0 amide bonds. The van der Waals surface area contributed by atoms with Crippen LogP contribution in [0, 0.1) is 5.92 Å². The zero-order valence-electron chi connectivity index (χ0n) is 10.8. The van der Waals surface area contributed by atoms with Gasteiger partial charge in [0.15, 0.2) is 0 Å². The SMILES string of the molecule is CCC(C)CC(C)NCCN1CCCC1. The van der Waals surface area contributed by atoms with Crippen LogP contribution in [0.15, 0.2) is 0 Å². The van der Waals surface area contributed by atoms with Crippen molar-refractivity contribution in [2.45, 2.75) is 52.5 Å². The van der Waals surface area contributed by atoms with E-state index in [-0.39, 0.29) is 0 Å². The molecule has 0 spiro atoms. The van der Waals surface area contributed by atoms with Crippen molar-refractivity contribution in [1.82, 2.24) is 10.2 Å². The smallest absolute Gasteiger partial charge is 0.0107 e. The van der Waals surface area contributed by atoms with Gasteiger partial charge in [-0.05, 0) is 45.2 Å². The summed E-state index contributed by atoms with van der Waals surface area (Å²) >= 11 is 0. The van der Waals surface area contributed by atoms with E-state index in [9.17, 15) is 0 Å². The number of hydrogen-bond donors (Lipinski definition) is 1. The second kappa shape index (κ2) is 7.24. The Kier molecular flexibility index (Phi) is 6.26. The second-order valence-corrected chi connectivity index (χ2v) is 5.15. The molecule has 1 heterocycles. The normalized spacial score (nSPS) is 21.8. The highest BCUT2D eigenvalue weighted by molar-refractivity contribution is 4.69. The van der Waals surface area contributed by atoms with Crippen molar-refractivity contribution >= 4 is 0 Å². The van der Waals surface area contributed by atoms with Crippen LogP contribution < -0.4 is 5.32 Å². The topological polar surface area (TPSA) is 15.3 Å². The molecule has 1 fully saturated rings. The van der Waals surface area contributed by atoms with E-state index < -0.39 is 0 Å². The predicted molar refractivity (Wildman–Crippen MR) is 67.2 cm³/mol. The van der Waals surface area contributed by atoms with E-state index in [1.807, 2.05) is 0 Å². The third-order valence-corrected chi connectivity index (χ3v) is 3.57. The predicted octanol–water partition coefficient (Wildman–Crippen LogP) is 2.50. The molecule has 0 bridgehead atoms. The highest BCUT2D eigenvalue weighted by Gasteiger charge is 2.11. The molecule has 15 heavy (non-hydrogen) atoms. The fraction of sp³-hybridized carbons (Fsp3) is 1.00. The molecule has 2 heteroatoms. The van der Waals surface area contributed by atoms with Crippen LogP contribution in [-0.2, 0) is 0 Å². The first-order chi connectivity index (χ1) is 7.22. The lowest BCUT2D eigenvalue weighted by molar-refractivity contribution is 0.320. The van der Waals surface area contributed by atoms with Gasteiger partial charge in [-0.2, -0.15) is 0 Å². The van der Waals surface area contributed by atoms with E-state index in [2.05, 4.69) is 31.0 Å². The van der Waals surface area contributed by atoms with E-state index >= 15 is 0 Å². The maximum absolute atomic E-state index is 3.63. The molecule has 1 N–H and O–H groups in total. The summed E-state index contributed by atoms with van der Waals surface area (Å²) in [5.74, 6) is 0.860. The van der Waals surface area contributed by atoms with Crippen molar-refractivity contribution in [3.05, 3.63) is 0 Å². The van der Waals surface area contributed by atoms with Crippen LogP contribution in [0.2, 0.25) is 0 Å². The number of hydrogen-bond acceptors (Lipinski definition) is 2. The molecule has 0 aliphatic carbocycles. The van der Waals surface area contributed by atoms with Gasteiger partial charge in [-0.3, -0.25) is 0 Å². The van der Waals surface area contributed by atoms with Crippen molar-refractivity contribution in [3.8, 4) is 0 Å².